The molecule has 0 aliphatic heterocycles. The zero-order chi connectivity index (χ0) is 29.6. The zero-order valence-electron chi connectivity index (χ0n) is 23.5. The topological polar surface area (TPSA) is 109 Å². The van der Waals surface area contributed by atoms with E-state index in [0.29, 0.717) is 17.5 Å². The van der Waals surface area contributed by atoms with E-state index in [2.05, 4.69) is 20.0 Å². The number of unbranched alkanes of at least 4 members (excludes halogenated alkanes) is 3. The van der Waals surface area contributed by atoms with Crippen molar-refractivity contribution < 1.29 is 13.2 Å². The third-order valence-corrected chi connectivity index (χ3v) is 10.1. The highest BCUT2D eigenvalue weighted by molar-refractivity contribution is 7.89. The van der Waals surface area contributed by atoms with Crippen molar-refractivity contribution in [3.05, 3.63) is 97.3 Å². The minimum Gasteiger partial charge on any atom is -0.355 e. The number of hydrogen-bond donors (Lipinski definition) is 2. The van der Waals surface area contributed by atoms with Gasteiger partial charge in [0.25, 0.3) is 0 Å². The Kier molecular flexibility index (Phi) is 8.64. The molecule has 6 aromatic rings. The third-order valence-electron chi connectivity index (χ3n) is 7.42. The zero-order valence-corrected chi connectivity index (χ0v) is 25.2. The van der Waals surface area contributed by atoms with Crippen LogP contribution in [0.15, 0.2) is 102 Å². The number of benzene rings is 4. The summed E-state index contributed by atoms with van der Waals surface area (Å²) in [7, 11) is -3.96. The van der Waals surface area contributed by atoms with Gasteiger partial charge in [-0.15, -0.1) is 0 Å². The van der Waals surface area contributed by atoms with Crippen LogP contribution in [0.3, 0.4) is 0 Å². The molecular formula is C32H32N6O3S2. The minimum atomic E-state index is -3.96. The quantitative estimate of drug-likeness (QED) is 0.146. The van der Waals surface area contributed by atoms with Gasteiger partial charge in [-0.25, -0.2) is 13.4 Å². The van der Waals surface area contributed by atoms with Crippen LogP contribution in [-0.4, -0.2) is 52.0 Å². The number of carbonyl (C=O) groups is 1. The van der Waals surface area contributed by atoms with Crippen molar-refractivity contribution in [2.24, 2.45) is 0 Å². The second-order valence-electron chi connectivity index (χ2n) is 10.3. The van der Waals surface area contributed by atoms with E-state index >= 15 is 0 Å². The predicted molar refractivity (Wildman–Crippen MR) is 173 cm³/mol. The van der Waals surface area contributed by atoms with Gasteiger partial charge in [-0.05, 0) is 35.7 Å². The number of anilines is 2. The summed E-state index contributed by atoms with van der Waals surface area (Å²) in [6, 6.07) is 26.1. The molecule has 0 aliphatic rings. The second-order valence-corrected chi connectivity index (χ2v) is 13.0. The maximum atomic E-state index is 14.1. The number of imidazole rings is 1. The van der Waals surface area contributed by atoms with Gasteiger partial charge in [-0.1, -0.05) is 85.6 Å². The number of carbonyl (C=O) groups excluding carboxylic acids is 1. The van der Waals surface area contributed by atoms with Crippen molar-refractivity contribution in [3.63, 3.8) is 0 Å². The van der Waals surface area contributed by atoms with E-state index in [0.717, 1.165) is 52.9 Å². The lowest BCUT2D eigenvalue weighted by molar-refractivity contribution is -0.116. The Labute approximate surface area is 254 Å². The average molecular weight is 613 g/mol. The van der Waals surface area contributed by atoms with Crippen molar-refractivity contribution in [1.29, 1.82) is 0 Å². The van der Waals surface area contributed by atoms with Crippen LogP contribution in [-0.2, 0) is 14.8 Å². The number of amides is 1. The fourth-order valence-corrected chi connectivity index (χ4v) is 7.57. The normalized spacial score (nSPS) is 11.9. The molecule has 4 aromatic carbocycles. The van der Waals surface area contributed by atoms with Crippen molar-refractivity contribution in [1.82, 2.24) is 18.1 Å². The number of sulfonamides is 1. The molecule has 0 saturated heterocycles. The van der Waals surface area contributed by atoms with Gasteiger partial charge in [0.15, 0.2) is 0 Å². The largest absolute Gasteiger partial charge is 0.355 e. The van der Waals surface area contributed by atoms with Crippen LogP contribution in [0.25, 0.3) is 26.5 Å². The second kappa shape index (κ2) is 12.9. The first-order chi connectivity index (χ1) is 21.0. The maximum absolute atomic E-state index is 14.1. The van der Waals surface area contributed by atoms with Crippen molar-refractivity contribution in [3.8, 4) is 0 Å². The molecular weight excluding hydrogens is 581 g/mol. The fraction of sp³-hybridized carbons (Fsp3) is 0.219. The van der Waals surface area contributed by atoms with E-state index in [4.69, 9.17) is 0 Å². The van der Waals surface area contributed by atoms with Gasteiger partial charge in [0.1, 0.15) is 0 Å². The summed E-state index contributed by atoms with van der Waals surface area (Å²) in [4.78, 5) is 18.6. The molecule has 0 spiro atoms. The summed E-state index contributed by atoms with van der Waals surface area (Å²) in [5, 5.41) is 9.68. The van der Waals surface area contributed by atoms with Gasteiger partial charge < -0.3 is 10.6 Å². The molecule has 6 rings (SSSR count). The van der Waals surface area contributed by atoms with Crippen molar-refractivity contribution >= 4 is 65.6 Å². The number of aromatic nitrogens is 3. The molecule has 43 heavy (non-hydrogen) atoms. The van der Waals surface area contributed by atoms with E-state index in [-0.39, 0.29) is 23.9 Å². The lowest BCUT2D eigenvalue weighted by atomic mass is 10.1. The van der Waals surface area contributed by atoms with E-state index < -0.39 is 10.0 Å². The van der Waals surface area contributed by atoms with Crippen molar-refractivity contribution in [2.75, 3.05) is 30.3 Å². The summed E-state index contributed by atoms with van der Waals surface area (Å²) in [5.74, 6) is 0.403. The lowest BCUT2D eigenvalue weighted by Gasteiger charge is -2.23. The molecule has 9 nitrogen and oxygen atoms in total. The number of nitrogens with zero attached hydrogens (tertiary/aromatic N) is 4. The Balaban J connectivity index is 1.13. The maximum Gasteiger partial charge on any atom is 0.244 e. The minimum absolute atomic E-state index is 0.210. The Morgan fingerprint density at radius 2 is 1.53 bits per heavy atom. The number of fused-ring (bicyclic) bond motifs is 3. The third kappa shape index (κ3) is 6.38. The van der Waals surface area contributed by atoms with Crippen LogP contribution in [0.5, 0.6) is 0 Å². The smallest absolute Gasteiger partial charge is 0.244 e. The van der Waals surface area contributed by atoms with Crippen LogP contribution < -0.4 is 10.6 Å². The van der Waals surface area contributed by atoms with Gasteiger partial charge in [0.2, 0.25) is 26.8 Å². The van der Waals surface area contributed by atoms with Gasteiger partial charge in [0, 0.05) is 53.5 Å². The van der Waals surface area contributed by atoms with E-state index in [1.807, 2.05) is 83.4 Å². The van der Waals surface area contributed by atoms with Gasteiger partial charge in [-0.3, -0.25) is 9.20 Å². The summed E-state index contributed by atoms with van der Waals surface area (Å²) >= 11 is 1.35. The SMILES string of the molecule is O=C(CN(CCCCCCNc1nsc2nccn12)S(=O)(=O)c1cccc2ccccc12)Nc1cccc2ccccc12. The van der Waals surface area contributed by atoms with Crippen molar-refractivity contribution in [2.45, 2.75) is 30.6 Å². The Hall–Kier alpha value is -4.32. The highest BCUT2D eigenvalue weighted by Crippen LogP contribution is 2.27. The molecule has 0 aliphatic carbocycles. The predicted octanol–water partition coefficient (Wildman–Crippen LogP) is 6.40. The average Bonchev–Trinajstić information content (AvgIpc) is 3.65. The van der Waals surface area contributed by atoms with Gasteiger partial charge >= 0.3 is 0 Å². The first kappa shape index (κ1) is 28.8. The Morgan fingerprint density at radius 1 is 0.837 bits per heavy atom. The summed E-state index contributed by atoms with van der Waals surface area (Å²) in [5.41, 5.74) is 0.659. The molecule has 0 fully saturated rings. The lowest BCUT2D eigenvalue weighted by Crippen LogP contribution is -2.38. The number of hydrogen-bond acceptors (Lipinski definition) is 7. The molecule has 2 N–H and O–H groups in total. The molecule has 0 saturated carbocycles. The number of rotatable bonds is 13. The monoisotopic (exact) mass is 612 g/mol. The summed E-state index contributed by atoms with van der Waals surface area (Å²) in [6.45, 7) is 0.715. The first-order valence-electron chi connectivity index (χ1n) is 14.3. The van der Waals surface area contributed by atoms with Crippen LogP contribution >= 0.6 is 11.5 Å². The summed E-state index contributed by atoms with van der Waals surface area (Å²) < 4.78 is 35.7. The van der Waals surface area contributed by atoms with Crippen LogP contribution in [0, 0.1) is 0 Å². The molecule has 0 bridgehead atoms. The molecule has 11 heteroatoms. The Bertz CT molecular complexity index is 1970. The molecule has 0 radical (unpaired) electrons. The van der Waals surface area contributed by atoms with E-state index in [1.54, 1.807) is 18.3 Å². The van der Waals surface area contributed by atoms with Crippen LogP contribution in [0.4, 0.5) is 11.6 Å². The van der Waals surface area contributed by atoms with Gasteiger partial charge in [-0.2, -0.15) is 8.68 Å². The number of nitrogens with one attached hydrogen (secondary N) is 2. The summed E-state index contributed by atoms with van der Waals surface area (Å²) in [6.07, 6.45) is 6.90. The van der Waals surface area contributed by atoms with E-state index in [9.17, 15) is 13.2 Å². The molecule has 1 amide bonds. The molecule has 2 heterocycles. The van der Waals surface area contributed by atoms with E-state index in [1.165, 1.54) is 15.8 Å². The first-order valence-corrected chi connectivity index (χ1v) is 16.5. The highest BCUT2D eigenvalue weighted by Gasteiger charge is 2.28. The molecule has 2 aromatic heterocycles. The van der Waals surface area contributed by atoms with Crippen LogP contribution in [0.2, 0.25) is 0 Å². The Morgan fingerprint density at radius 3 is 2.37 bits per heavy atom. The van der Waals surface area contributed by atoms with Crippen LogP contribution in [0.1, 0.15) is 25.7 Å². The standard InChI is InChI=1S/C32H32N6O3S2/c39-30(35-28-17-9-13-24-11-3-5-15-26(24)28)23-37(43(40,41)29-18-10-14-25-12-4-6-16-27(25)29)21-8-2-1-7-19-33-31-36-42-32-34-20-22-38(31)32/h3-6,9-18,20,22H,1-2,7-8,19,21,23H2,(H,33,36)(H,35,39). The molecule has 0 unspecified atom stereocenters. The van der Waals surface area contributed by atoms with Gasteiger partial charge in [0.05, 0.1) is 11.4 Å². The molecule has 220 valence electrons. The fourth-order valence-electron chi connectivity index (χ4n) is 5.26. The molecule has 0 atom stereocenters. The highest BCUT2D eigenvalue weighted by atomic mass is 32.2.